The number of thiazole rings is 1. The highest BCUT2D eigenvalue weighted by atomic mass is 32.2. The summed E-state index contributed by atoms with van der Waals surface area (Å²) in [6, 6.07) is 16.9. The van der Waals surface area contributed by atoms with Gasteiger partial charge in [-0.05, 0) is 31.2 Å². The molecule has 104 valence electrons. The average Bonchev–Trinajstić information content (AvgIpc) is 3.06. The molecule has 0 saturated carbocycles. The summed E-state index contributed by atoms with van der Waals surface area (Å²) in [5.74, 6) is 0. The molecule has 3 aromatic rings. The van der Waals surface area contributed by atoms with Crippen LogP contribution in [-0.4, -0.2) is 11.5 Å². The largest absolute Gasteiger partial charge is 0.335 e. The normalized spacial score (nSPS) is 15.9. The highest BCUT2D eigenvalue weighted by Crippen LogP contribution is 2.46. The van der Waals surface area contributed by atoms with Gasteiger partial charge in [0.25, 0.3) is 0 Å². The van der Waals surface area contributed by atoms with Crippen molar-refractivity contribution in [2.75, 3.05) is 11.4 Å². The standard InChI is InChI=1S/C17H14N2S2/c1-2-19-13-8-4-6-10-15(13)21-17(19)11-16-18-12-7-3-5-9-14(12)20-16/h3-11H,2H2,1H3/b17-11+. The molecule has 1 aromatic heterocycles. The molecule has 1 aliphatic heterocycles. The predicted octanol–water partition coefficient (Wildman–Crippen LogP) is 5.23. The van der Waals surface area contributed by atoms with Crippen molar-refractivity contribution in [3.8, 4) is 0 Å². The molecule has 0 aliphatic carbocycles. The summed E-state index contributed by atoms with van der Waals surface area (Å²) in [5.41, 5.74) is 2.38. The first-order valence-corrected chi connectivity index (χ1v) is 8.60. The maximum absolute atomic E-state index is 4.71. The number of hydrogen-bond acceptors (Lipinski definition) is 4. The van der Waals surface area contributed by atoms with E-state index in [1.54, 1.807) is 11.3 Å². The summed E-state index contributed by atoms with van der Waals surface area (Å²) in [6.07, 6.45) is 2.21. The van der Waals surface area contributed by atoms with Gasteiger partial charge in [0.1, 0.15) is 5.01 Å². The van der Waals surface area contributed by atoms with Crippen LogP contribution in [0.15, 0.2) is 58.5 Å². The van der Waals surface area contributed by atoms with Crippen LogP contribution in [-0.2, 0) is 0 Å². The fraction of sp³-hybridized carbons (Fsp3) is 0.118. The lowest BCUT2D eigenvalue weighted by Gasteiger charge is -2.17. The Kier molecular flexibility index (Phi) is 3.20. The Morgan fingerprint density at radius 1 is 1.10 bits per heavy atom. The number of anilines is 1. The maximum atomic E-state index is 4.71. The van der Waals surface area contributed by atoms with Crippen LogP contribution in [0.4, 0.5) is 5.69 Å². The summed E-state index contributed by atoms with van der Waals surface area (Å²) in [7, 11) is 0. The topological polar surface area (TPSA) is 16.1 Å². The molecule has 4 heteroatoms. The van der Waals surface area contributed by atoms with Crippen LogP contribution in [0.25, 0.3) is 16.3 Å². The second kappa shape index (κ2) is 5.20. The summed E-state index contributed by atoms with van der Waals surface area (Å²) in [4.78, 5) is 8.39. The van der Waals surface area contributed by atoms with E-state index in [0.717, 1.165) is 17.1 Å². The molecule has 0 N–H and O–H groups in total. The molecule has 0 unspecified atom stereocenters. The average molecular weight is 310 g/mol. The minimum Gasteiger partial charge on any atom is -0.335 e. The van der Waals surface area contributed by atoms with Gasteiger partial charge in [0.05, 0.1) is 20.9 Å². The Labute approximate surface area is 132 Å². The number of rotatable bonds is 2. The van der Waals surface area contributed by atoms with Crippen molar-refractivity contribution in [3.05, 3.63) is 58.6 Å². The number of hydrogen-bond donors (Lipinski definition) is 0. The van der Waals surface area contributed by atoms with Gasteiger partial charge in [-0.2, -0.15) is 0 Å². The minimum atomic E-state index is 0.973. The van der Waals surface area contributed by atoms with Gasteiger partial charge < -0.3 is 4.90 Å². The van der Waals surface area contributed by atoms with E-state index in [2.05, 4.69) is 60.4 Å². The Morgan fingerprint density at radius 2 is 1.90 bits per heavy atom. The third kappa shape index (κ3) is 2.24. The monoisotopic (exact) mass is 310 g/mol. The smallest absolute Gasteiger partial charge is 0.119 e. The molecule has 0 fully saturated rings. The van der Waals surface area contributed by atoms with E-state index in [1.807, 2.05) is 17.8 Å². The molecule has 2 heterocycles. The number of nitrogens with zero attached hydrogens (tertiary/aromatic N) is 2. The van der Waals surface area contributed by atoms with Crippen LogP contribution >= 0.6 is 23.1 Å². The maximum Gasteiger partial charge on any atom is 0.119 e. The fourth-order valence-electron chi connectivity index (χ4n) is 2.54. The SMILES string of the molecule is CCN1/C(=C\c2nc3ccccc3s2)Sc2ccccc21. The van der Waals surface area contributed by atoms with Crippen molar-refractivity contribution in [2.45, 2.75) is 11.8 Å². The van der Waals surface area contributed by atoms with Crippen LogP contribution in [0.2, 0.25) is 0 Å². The molecular formula is C17H14N2S2. The summed E-state index contributed by atoms with van der Waals surface area (Å²) in [6.45, 7) is 3.16. The van der Waals surface area contributed by atoms with Gasteiger partial charge in [0.15, 0.2) is 0 Å². The van der Waals surface area contributed by atoms with Crippen LogP contribution in [0.3, 0.4) is 0 Å². The Hall–Kier alpha value is -1.78. The molecule has 1 aliphatic rings. The number of para-hydroxylation sites is 2. The van der Waals surface area contributed by atoms with Crippen LogP contribution in [0, 0.1) is 0 Å². The lowest BCUT2D eigenvalue weighted by Crippen LogP contribution is -2.16. The fourth-order valence-corrected chi connectivity index (χ4v) is 4.69. The molecule has 4 rings (SSSR count). The van der Waals surface area contributed by atoms with E-state index in [4.69, 9.17) is 4.98 Å². The molecule has 2 aromatic carbocycles. The summed E-state index contributed by atoms with van der Waals surface area (Å²) < 4.78 is 1.24. The lowest BCUT2D eigenvalue weighted by atomic mass is 10.3. The van der Waals surface area contributed by atoms with Gasteiger partial charge in [0.2, 0.25) is 0 Å². The number of benzene rings is 2. The first-order chi connectivity index (χ1) is 10.3. The number of aromatic nitrogens is 1. The van der Waals surface area contributed by atoms with E-state index in [-0.39, 0.29) is 0 Å². The number of fused-ring (bicyclic) bond motifs is 2. The van der Waals surface area contributed by atoms with Crippen LogP contribution in [0.1, 0.15) is 11.9 Å². The van der Waals surface area contributed by atoms with E-state index in [1.165, 1.54) is 20.3 Å². The third-order valence-corrected chi connectivity index (χ3v) is 5.61. The zero-order valence-electron chi connectivity index (χ0n) is 11.6. The van der Waals surface area contributed by atoms with Crippen molar-refractivity contribution >= 4 is 45.1 Å². The second-order valence-corrected chi connectivity index (χ2v) is 6.94. The van der Waals surface area contributed by atoms with E-state index in [9.17, 15) is 0 Å². The van der Waals surface area contributed by atoms with Gasteiger partial charge >= 0.3 is 0 Å². The zero-order valence-corrected chi connectivity index (χ0v) is 13.2. The Morgan fingerprint density at radius 3 is 2.76 bits per heavy atom. The molecular weight excluding hydrogens is 296 g/mol. The van der Waals surface area contributed by atoms with Crippen molar-refractivity contribution in [1.82, 2.24) is 4.98 Å². The van der Waals surface area contributed by atoms with Crippen molar-refractivity contribution in [3.63, 3.8) is 0 Å². The first-order valence-electron chi connectivity index (χ1n) is 6.97. The lowest BCUT2D eigenvalue weighted by molar-refractivity contribution is 1.01. The van der Waals surface area contributed by atoms with Crippen LogP contribution in [0.5, 0.6) is 0 Å². The third-order valence-electron chi connectivity index (χ3n) is 3.51. The highest BCUT2D eigenvalue weighted by molar-refractivity contribution is 8.03. The van der Waals surface area contributed by atoms with Gasteiger partial charge in [-0.1, -0.05) is 36.0 Å². The molecule has 0 amide bonds. The van der Waals surface area contributed by atoms with Crippen molar-refractivity contribution in [2.24, 2.45) is 0 Å². The Balaban J connectivity index is 1.76. The quantitative estimate of drug-likeness (QED) is 0.645. The summed E-state index contributed by atoms with van der Waals surface area (Å²) >= 11 is 3.58. The van der Waals surface area contributed by atoms with Crippen LogP contribution < -0.4 is 4.90 Å². The van der Waals surface area contributed by atoms with E-state index < -0.39 is 0 Å². The molecule has 0 atom stereocenters. The van der Waals surface area contributed by atoms with Crippen molar-refractivity contribution in [1.29, 1.82) is 0 Å². The molecule has 0 radical (unpaired) electrons. The van der Waals surface area contributed by atoms with Crippen molar-refractivity contribution < 1.29 is 0 Å². The summed E-state index contributed by atoms with van der Waals surface area (Å²) in [5, 5.41) is 2.34. The van der Waals surface area contributed by atoms with E-state index >= 15 is 0 Å². The zero-order chi connectivity index (χ0) is 14.2. The molecule has 0 bridgehead atoms. The molecule has 0 saturated heterocycles. The second-order valence-electron chi connectivity index (χ2n) is 4.82. The number of thioether (sulfide) groups is 1. The molecule has 21 heavy (non-hydrogen) atoms. The molecule has 0 spiro atoms. The molecule has 2 nitrogen and oxygen atoms in total. The van der Waals surface area contributed by atoms with E-state index in [0.29, 0.717) is 0 Å². The Bertz CT molecular complexity index is 802. The highest BCUT2D eigenvalue weighted by Gasteiger charge is 2.23. The first kappa shape index (κ1) is 12.9. The van der Waals surface area contributed by atoms with Gasteiger partial charge in [-0.15, -0.1) is 11.3 Å². The predicted molar refractivity (Wildman–Crippen MR) is 92.9 cm³/mol. The van der Waals surface area contributed by atoms with Gasteiger partial charge in [-0.25, -0.2) is 4.98 Å². The minimum absolute atomic E-state index is 0.973. The van der Waals surface area contributed by atoms with Gasteiger partial charge in [-0.3, -0.25) is 0 Å². The van der Waals surface area contributed by atoms with Gasteiger partial charge in [0, 0.05) is 17.5 Å².